The van der Waals surface area contributed by atoms with Crippen LogP contribution in [-0.4, -0.2) is 21.5 Å². The van der Waals surface area contributed by atoms with E-state index in [4.69, 9.17) is 0 Å². The normalized spacial score (nSPS) is 10.3. The van der Waals surface area contributed by atoms with Gasteiger partial charge in [0.1, 0.15) is 4.34 Å². The number of thiazole rings is 1. The largest absolute Gasteiger partial charge is 0.359 e. The predicted molar refractivity (Wildman–Crippen MR) is 58.0 cm³/mol. The van der Waals surface area contributed by atoms with Gasteiger partial charge in [-0.1, -0.05) is 11.8 Å². The van der Waals surface area contributed by atoms with Gasteiger partial charge in [0.05, 0.1) is 11.4 Å². The molecule has 2 aromatic heterocycles. The van der Waals surface area contributed by atoms with Crippen molar-refractivity contribution in [2.45, 2.75) is 4.34 Å². The molecule has 0 aliphatic rings. The third-order valence-corrected chi connectivity index (χ3v) is 3.60. The highest BCUT2D eigenvalue weighted by Crippen LogP contribution is 2.20. The van der Waals surface area contributed by atoms with E-state index in [9.17, 15) is 4.79 Å². The van der Waals surface area contributed by atoms with Gasteiger partial charge in [0.15, 0.2) is 5.78 Å². The Labute approximate surface area is 89.6 Å². The van der Waals surface area contributed by atoms with E-state index in [1.165, 1.54) is 11.8 Å². The van der Waals surface area contributed by atoms with Crippen LogP contribution in [0, 0.1) is 0 Å². The van der Waals surface area contributed by atoms with Gasteiger partial charge in [-0.25, -0.2) is 4.98 Å². The molecule has 0 atom stereocenters. The van der Waals surface area contributed by atoms with Crippen molar-refractivity contribution in [1.82, 2.24) is 9.97 Å². The van der Waals surface area contributed by atoms with E-state index in [0.29, 0.717) is 11.4 Å². The molecule has 0 amide bonds. The number of nitrogens with one attached hydrogen (secondary N) is 1. The van der Waals surface area contributed by atoms with Gasteiger partial charge in [0.25, 0.3) is 0 Å². The van der Waals surface area contributed by atoms with E-state index in [1.54, 1.807) is 29.8 Å². The summed E-state index contributed by atoms with van der Waals surface area (Å²) in [5, 5.41) is 1.90. The molecule has 0 aliphatic carbocycles. The van der Waals surface area contributed by atoms with Gasteiger partial charge in [-0.05, 0) is 12.1 Å². The Balaban J connectivity index is 1.90. The smallest absolute Gasteiger partial charge is 0.189 e. The first kappa shape index (κ1) is 9.48. The number of ketones is 1. The van der Waals surface area contributed by atoms with Crippen molar-refractivity contribution < 1.29 is 4.79 Å². The van der Waals surface area contributed by atoms with Crippen molar-refractivity contribution in [3.8, 4) is 0 Å². The zero-order valence-corrected chi connectivity index (χ0v) is 8.90. The maximum absolute atomic E-state index is 11.5. The van der Waals surface area contributed by atoms with Crippen molar-refractivity contribution in [3.63, 3.8) is 0 Å². The highest BCUT2D eigenvalue weighted by Gasteiger charge is 2.07. The molecule has 0 fully saturated rings. The van der Waals surface area contributed by atoms with E-state index < -0.39 is 0 Å². The van der Waals surface area contributed by atoms with Gasteiger partial charge in [-0.2, -0.15) is 0 Å². The fourth-order valence-electron chi connectivity index (χ4n) is 0.990. The van der Waals surface area contributed by atoms with Crippen molar-refractivity contribution in [2.75, 3.05) is 5.75 Å². The molecule has 2 rings (SSSR count). The molecule has 72 valence electrons. The van der Waals surface area contributed by atoms with E-state index in [2.05, 4.69) is 9.97 Å². The van der Waals surface area contributed by atoms with Gasteiger partial charge < -0.3 is 4.98 Å². The Bertz CT molecular complexity index is 394. The van der Waals surface area contributed by atoms with E-state index in [1.807, 2.05) is 11.4 Å². The molecule has 0 unspecified atom stereocenters. The van der Waals surface area contributed by atoms with Crippen molar-refractivity contribution >= 4 is 28.9 Å². The lowest BCUT2D eigenvalue weighted by atomic mass is 10.3. The summed E-state index contributed by atoms with van der Waals surface area (Å²) in [4.78, 5) is 18.5. The third kappa shape index (κ3) is 2.24. The molecule has 14 heavy (non-hydrogen) atoms. The van der Waals surface area contributed by atoms with Crippen LogP contribution >= 0.6 is 23.1 Å². The number of aromatic amines is 1. The van der Waals surface area contributed by atoms with Gasteiger partial charge in [-0.3, -0.25) is 4.79 Å². The van der Waals surface area contributed by atoms with Crippen molar-refractivity contribution in [2.24, 2.45) is 0 Å². The first-order valence-corrected chi connectivity index (χ1v) is 5.91. The number of carbonyl (C=O) groups excluding carboxylic acids is 1. The Hall–Kier alpha value is -1.07. The number of rotatable bonds is 4. The molecular weight excluding hydrogens is 216 g/mol. The molecule has 3 nitrogen and oxygen atoms in total. The van der Waals surface area contributed by atoms with Crippen molar-refractivity contribution in [1.29, 1.82) is 0 Å². The Kier molecular flexibility index (Phi) is 3.00. The van der Waals surface area contributed by atoms with Gasteiger partial charge in [-0.15, -0.1) is 11.3 Å². The lowest BCUT2D eigenvalue weighted by molar-refractivity contribution is 0.101. The van der Waals surface area contributed by atoms with Crippen LogP contribution in [0.4, 0.5) is 0 Å². The highest BCUT2D eigenvalue weighted by molar-refractivity contribution is 8.01. The topological polar surface area (TPSA) is 45.8 Å². The number of aromatic nitrogens is 2. The van der Waals surface area contributed by atoms with Crippen LogP contribution in [0.1, 0.15) is 10.5 Å². The molecular formula is C9H8N2OS2. The Morgan fingerprint density at radius 1 is 1.64 bits per heavy atom. The van der Waals surface area contributed by atoms with Crippen LogP contribution in [-0.2, 0) is 0 Å². The molecule has 0 saturated carbocycles. The Morgan fingerprint density at radius 2 is 2.57 bits per heavy atom. The number of H-pyrrole nitrogens is 1. The number of Topliss-reactive ketones (excluding diaryl/α,β-unsaturated/α-hetero) is 1. The maximum atomic E-state index is 11.5. The van der Waals surface area contributed by atoms with Crippen LogP contribution in [0.2, 0.25) is 0 Å². The predicted octanol–water partition coefficient (Wildman–Crippen LogP) is 2.45. The lowest BCUT2D eigenvalue weighted by Crippen LogP contribution is -2.02. The van der Waals surface area contributed by atoms with E-state index >= 15 is 0 Å². The summed E-state index contributed by atoms with van der Waals surface area (Å²) in [6, 6.07) is 3.60. The summed E-state index contributed by atoms with van der Waals surface area (Å²) in [5.74, 6) is 0.545. The summed E-state index contributed by atoms with van der Waals surface area (Å²) >= 11 is 3.02. The summed E-state index contributed by atoms with van der Waals surface area (Å²) in [5.41, 5.74) is 0.661. The van der Waals surface area contributed by atoms with Crippen LogP contribution in [0.5, 0.6) is 0 Å². The van der Waals surface area contributed by atoms with E-state index in [0.717, 1.165) is 4.34 Å². The number of hydrogen-bond donors (Lipinski definition) is 1. The average Bonchev–Trinajstić information content (AvgIpc) is 2.87. The minimum absolute atomic E-state index is 0.107. The highest BCUT2D eigenvalue weighted by atomic mass is 32.2. The minimum Gasteiger partial charge on any atom is -0.359 e. The number of carbonyl (C=O) groups is 1. The summed E-state index contributed by atoms with van der Waals surface area (Å²) in [6.45, 7) is 0. The van der Waals surface area contributed by atoms with Crippen LogP contribution < -0.4 is 0 Å². The lowest BCUT2D eigenvalue weighted by Gasteiger charge is -1.95. The maximum Gasteiger partial charge on any atom is 0.189 e. The zero-order valence-electron chi connectivity index (χ0n) is 7.27. The fourth-order valence-corrected chi connectivity index (χ4v) is 2.51. The molecule has 5 heteroatoms. The number of thioether (sulfide) groups is 1. The van der Waals surface area contributed by atoms with Gasteiger partial charge in [0, 0.05) is 17.8 Å². The average molecular weight is 224 g/mol. The van der Waals surface area contributed by atoms with E-state index in [-0.39, 0.29) is 5.78 Å². The molecule has 0 aliphatic heterocycles. The molecule has 0 aromatic carbocycles. The fraction of sp³-hybridized carbons (Fsp3) is 0.111. The molecule has 0 radical (unpaired) electrons. The number of hydrogen-bond acceptors (Lipinski definition) is 4. The van der Waals surface area contributed by atoms with Crippen LogP contribution in [0.3, 0.4) is 0 Å². The molecule has 1 N–H and O–H groups in total. The second-order valence-electron chi connectivity index (χ2n) is 2.59. The first-order chi connectivity index (χ1) is 6.86. The van der Waals surface area contributed by atoms with Crippen LogP contribution in [0.15, 0.2) is 34.2 Å². The monoisotopic (exact) mass is 224 g/mol. The summed E-state index contributed by atoms with van der Waals surface area (Å²) in [7, 11) is 0. The molecule has 0 bridgehead atoms. The molecule has 0 spiro atoms. The standard InChI is InChI=1S/C9H8N2OS2/c12-8(7-2-1-3-10-7)6-14-9-11-4-5-13-9/h1-5,10H,6H2. The van der Waals surface area contributed by atoms with Crippen LogP contribution in [0.25, 0.3) is 0 Å². The second-order valence-corrected chi connectivity index (χ2v) is 4.71. The van der Waals surface area contributed by atoms with Crippen molar-refractivity contribution in [3.05, 3.63) is 35.6 Å². The minimum atomic E-state index is 0.107. The quantitative estimate of drug-likeness (QED) is 0.641. The molecule has 0 saturated heterocycles. The summed E-state index contributed by atoms with van der Waals surface area (Å²) in [6.07, 6.45) is 3.49. The third-order valence-electron chi connectivity index (χ3n) is 1.63. The SMILES string of the molecule is O=C(CSc1nccs1)c1ccc[nH]1. The summed E-state index contributed by atoms with van der Waals surface area (Å²) < 4.78 is 0.935. The van der Waals surface area contributed by atoms with Gasteiger partial charge in [0.2, 0.25) is 0 Å². The van der Waals surface area contributed by atoms with Gasteiger partial charge >= 0.3 is 0 Å². The molecule has 2 aromatic rings. The number of nitrogens with zero attached hydrogens (tertiary/aromatic N) is 1. The second kappa shape index (κ2) is 4.43. The first-order valence-electron chi connectivity index (χ1n) is 4.05. The Morgan fingerprint density at radius 3 is 3.21 bits per heavy atom. The molecule has 2 heterocycles. The zero-order chi connectivity index (χ0) is 9.80.